The molecule has 0 aliphatic heterocycles. The highest BCUT2D eigenvalue weighted by molar-refractivity contribution is 5.96. The molecule has 0 spiro atoms. The second kappa shape index (κ2) is 22.4. The lowest BCUT2D eigenvalue weighted by atomic mass is 9.58. The average Bonchev–Trinajstić information content (AvgIpc) is 3.13. The van der Waals surface area contributed by atoms with E-state index in [0.29, 0.717) is 12.3 Å². The van der Waals surface area contributed by atoms with Gasteiger partial charge in [0.15, 0.2) is 5.78 Å². The summed E-state index contributed by atoms with van der Waals surface area (Å²) in [7, 11) is 0. The average molecular weight is 741 g/mol. The van der Waals surface area contributed by atoms with E-state index in [1.54, 1.807) is 18.1 Å². The lowest BCUT2D eigenvalue weighted by Gasteiger charge is -2.47. The first-order chi connectivity index (χ1) is 25.9. The molecule has 0 saturated carbocycles. The maximum atomic E-state index is 13.4. The van der Waals surface area contributed by atoms with Crippen molar-refractivity contribution in [3.8, 4) is 0 Å². The zero-order valence-corrected chi connectivity index (χ0v) is 36.2. The van der Waals surface area contributed by atoms with Crippen LogP contribution in [0.15, 0.2) is 47.3 Å². The van der Waals surface area contributed by atoms with Crippen molar-refractivity contribution in [3.63, 3.8) is 0 Å². The molecule has 0 heterocycles. The van der Waals surface area contributed by atoms with Gasteiger partial charge in [-0.05, 0) is 136 Å². The quantitative estimate of drug-likeness (QED) is 0.166. The Bertz CT molecular complexity index is 1400. The van der Waals surface area contributed by atoms with Gasteiger partial charge >= 0.3 is 5.97 Å². The molecule has 1 unspecified atom stereocenters. The van der Waals surface area contributed by atoms with Crippen molar-refractivity contribution in [2.75, 3.05) is 0 Å². The fourth-order valence-corrected chi connectivity index (χ4v) is 9.81. The number of rotatable bonds is 6. The molecule has 3 heteroatoms. The number of benzene rings is 1. The van der Waals surface area contributed by atoms with Crippen molar-refractivity contribution in [1.29, 1.82) is 0 Å². The number of Topliss-reactive ketones (excluding diaryl/α,β-unsaturated/α-hetero) is 1. The minimum atomic E-state index is 0.00861. The van der Waals surface area contributed by atoms with Gasteiger partial charge in [-0.1, -0.05) is 141 Å². The predicted octanol–water partition coefficient (Wildman–Crippen LogP) is 15.5. The van der Waals surface area contributed by atoms with Crippen LogP contribution in [0.3, 0.4) is 0 Å². The number of allylic oxidation sites excluding steroid dienone is 6. The van der Waals surface area contributed by atoms with E-state index in [0.717, 1.165) is 49.0 Å². The summed E-state index contributed by atoms with van der Waals surface area (Å²) < 4.78 is 6.10. The summed E-state index contributed by atoms with van der Waals surface area (Å²) in [4.78, 5) is 25.2. The largest absolute Gasteiger partial charge is 0.431 e. The van der Waals surface area contributed by atoms with Crippen LogP contribution in [0.4, 0.5) is 0 Å². The fraction of sp³-hybridized carbons (Fsp3) is 0.725. The Morgan fingerprint density at radius 2 is 1.11 bits per heavy atom. The molecule has 0 bridgehead atoms. The highest BCUT2D eigenvalue weighted by Gasteiger charge is 2.42. The van der Waals surface area contributed by atoms with Gasteiger partial charge in [0, 0.05) is 17.9 Å². The van der Waals surface area contributed by atoms with Crippen LogP contribution in [-0.4, -0.2) is 11.8 Å². The molecule has 1 aromatic carbocycles. The number of carbonyl (C=O) groups excluding carboxylic acids is 2. The molecule has 0 radical (unpaired) electrons. The Morgan fingerprint density at radius 3 is 1.63 bits per heavy atom. The molecule has 0 fully saturated rings. The van der Waals surface area contributed by atoms with Gasteiger partial charge in [0.2, 0.25) is 0 Å². The van der Waals surface area contributed by atoms with E-state index in [1.807, 2.05) is 0 Å². The van der Waals surface area contributed by atoms with E-state index in [1.165, 1.54) is 140 Å². The van der Waals surface area contributed by atoms with E-state index in [-0.39, 0.29) is 28.5 Å². The Labute approximate surface area is 332 Å². The molecule has 5 rings (SSSR count). The van der Waals surface area contributed by atoms with Crippen LogP contribution in [0, 0.1) is 18.8 Å². The Morgan fingerprint density at radius 1 is 0.648 bits per heavy atom. The second-order valence-electron chi connectivity index (χ2n) is 18.9. The minimum Gasteiger partial charge on any atom is -0.431 e. The number of carbonyl (C=O) groups is 2. The van der Waals surface area contributed by atoms with E-state index in [2.05, 4.69) is 71.9 Å². The number of esters is 1. The Balaban J connectivity index is 0.000000287. The van der Waals surface area contributed by atoms with Crippen molar-refractivity contribution < 1.29 is 14.3 Å². The summed E-state index contributed by atoms with van der Waals surface area (Å²) >= 11 is 0. The molecule has 54 heavy (non-hydrogen) atoms. The van der Waals surface area contributed by atoms with Crippen LogP contribution < -0.4 is 0 Å². The molecule has 3 nitrogen and oxygen atoms in total. The smallest absolute Gasteiger partial charge is 0.311 e. The highest BCUT2D eigenvalue weighted by Crippen LogP contribution is 2.49. The summed E-state index contributed by atoms with van der Waals surface area (Å²) in [6.45, 7) is 15.3. The molecule has 4 aliphatic rings. The van der Waals surface area contributed by atoms with Gasteiger partial charge < -0.3 is 4.74 Å². The Kier molecular flexibility index (Phi) is 18.3. The lowest BCUT2D eigenvalue weighted by molar-refractivity contribution is -0.140. The molecule has 4 aliphatic carbocycles. The van der Waals surface area contributed by atoms with E-state index < -0.39 is 0 Å². The zero-order chi connectivity index (χ0) is 39.0. The fourth-order valence-electron chi connectivity index (χ4n) is 9.81. The summed E-state index contributed by atoms with van der Waals surface area (Å²) in [5, 5.41) is 0. The molecule has 0 aromatic heterocycles. The number of aryl methyl sites for hydroxylation is 1. The molecule has 1 atom stereocenters. The summed E-state index contributed by atoms with van der Waals surface area (Å²) in [5.41, 5.74) is 8.23. The van der Waals surface area contributed by atoms with E-state index >= 15 is 0 Å². The molecule has 1 aromatic rings. The third-order valence-electron chi connectivity index (χ3n) is 13.6. The van der Waals surface area contributed by atoms with Gasteiger partial charge in [0.25, 0.3) is 0 Å². The van der Waals surface area contributed by atoms with Crippen molar-refractivity contribution in [1.82, 2.24) is 0 Å². The molecule has 302 valence electrons. The minimum absolute atomic E-state index is 0.00861. The SMILES string of the molecule is CC(=O)c1cc2c(cc1C)C(C)(C)C(C)CC2(C)C.O=C(CC(C1=CCCCCCCCC1)C1=CCCCCCCCC1)OC1=CCCCCCCCC1. The zero-order valence-electron chi connectivity index (χ0n) is 36.2. The summed E-state index contributed by atoms with van der Waals surface area (Å²) in [5.74, 6) is 2.05. The number of ether oxygens (including phenoxy) is 1. The number of hydrogen-bond donors (Lipinski definition) is 0. The van der Waals surface area contributed by atoms with E-state index in [9.17, 15) is 9.59 Å². The maximum absolute atomic E-state index is 13.4. The van der Waals surface area contributed by atoms with Gasteiger partial charge in [-0.3, -0.25) is 9.59 Å². The number of hydrogen-bond acceptors (Lipinski definition) is 3. The third kappa shape index (κ3) is 13.7. The second-order valence-corrected chi connectivity index (χ2v) is 18.9. The van der Waals surface area contributed by atoms with E-state index in [4.69, 9.17) is 4.74 Å². The van der Waals surface area contributed by atoms with Gasteiger partial charge in [-0.15, -0.1) is 0 Å². The summed E-state index contributed by atoms with van der Waals surface area (Å²) in [6.07, 6.45) is 39.4. The van der Waals surface area contributed by atoms with Crippen molar-refractivity contribution in [2.45, 2.75) is 226 Å². The van der Waals surface area contributed by atoms with Crippen LogP contribution in [0.25, 0.3) is 0 Å². The van der Waals surface area contributed by atoms with Gasteiger partial charge in [-0.2, -0.15) is 0 Å². The van der Waals surface area contributed by atoms with Crippen molar-refractivity contribution in [2.24, 2.45) is 11.8 Å². The molecular formula is C51H80O3. The van der Waals surface area contributed by atoms with Gasteiger partial charge in [0.1, 0.15) is 5.76 Å². The topological polar surface area (TPSA) is 43.4 Å². The van der Waals surface area contributed by atoms with Crippen LogP contribution in [-0.2, 0) is 20.4 Å². The number of fused-ring (bicyclic) bond motifs is 1. The van der Waals surface area contributed by atoms with Crippen molar-refractivity contribution in [3.05, 3.63) is 69.5 Å². The number of ketones is 1. The normalized spacial score (nSPS) is 23.7. The monoisotopic (exact) mass is 741 g/mol. The molecular weight excluding hydrogens is 661 g/mol. The van der Waals surface area contributed by atoms with Crippen LogP contribution >= 0.6 is 0 Å². The predicted molar refractivity (Wildman–Crippen MR) is 230 cm³/mol. The van der Waals surface area contributed by atoms with Crippen molar-refractivity contribution >= 4 is 11.8 Å². The Hall–Kier alpha value is -2.42. The van der Waals surface area contributed by atoms with Crippen LogP contribution in [0.2, 0.25) is 0 Å². The summed E-state index contributed by atoms with van der Waals surface area (Å²) in [6, 6.07) is 4.41. The van der Waals surface area contributed by atoms with Gasteiger partial charge in [-0.25, -0.2) is 0 Å². The first-order valence-electron chi connectivity index (χ1n) is 22.8. The lowest BCUT2D eigenvalue weighted by Crippen LogP contribution is -2.40. The molecule has 0 N–H and O–H groups in total. The first-order valence-corrected chi connectivity index (χ1v) is 22.8. The standard InChI is InChI=1S/C33H54O2.C18H26O/c34-33(35-31-26-20-14-8-3-9-15-21-27-31)28-32(29-22-16-10-4-1-5-11-17-23-29)30-24-18-12-6-2-7-13-19-25-30;1-11-8-16-15(9-14(11)13(3)19)17(4,5)10-12(2)18(16,6)7/h22,24,26,32H,1-21,23,25,27-28H2;8-9,12H,10H2,1-7H3. The van der Waals surface area contributed by atoms with Crippen LogP contribution in [0.5, 0.6) is 0 Å². The third-order valence-corrected chi connectivity index (χ3v) is 13.6. The highest BCUT2D eigenvalue weighted by atomic mass is 16.5. The molecule has 0 saturated heterocycles. The maximum Gasteiger partial charge on any atom is 0.311 e. The van der Waals surface area contributed by atoms with Gasteiger partial charge in [0.05, 0.1) is 6.42 Å². The molecule has 0 amide bonds. The first kappa shape index (κ1) is 44.3. The van der Waals surface area contributed by atoms with Crippen LogP contribution in [0.1, 0.15) is 236 Å².